The van der Waals surface area contributed by atoms with E-state index in [0.29, 0.717) is 11.7 Å². The molecule has 0 unspecified atom stereocenters. The topological polar surface area (TPSA) is 38.3 Å². The summed E-state index contributed by atoms with van der Waals surface area (Å²) in [5.41, 5.74) is 3.09. The van der Waals surface area contributed by atoms with Crippen molar-refractivity contribution in [2.45, 2.75) is 26.7 Å². The van der Waals surface area contributed by atoms with Crippen LogP contribution in [0.25, 0.3) is 0 Å². The summed E-state index contributed by atoms with van der Waals surface area (Å²) in [6.45, 7) is 6.26. The molecule has 3 nitrogen and oxygen atoms in total. The van der Waals surface area contributed by atoms with Crippen molar-refractivity contribution in [2.75, 3.05) is 11.9 Å². The van der Waals surface area contributed by atoms with Crippen molar-refractivity contribution in [1.82, 2.24) is 0 Å². The predicted octanol–water partition coefficient (Wildman–Crippen LogP) is 4.90. The van der Waals surface area contributed by atoms with Crippen molar-refractivity contribution < 1.29 is 9.53 Å². The number of halogens is 1. The zero-order valence-corrected chi connectivity index (χ0v) is 14.6. The average molecular weight is 362 g/mol. The molecule has 4 heteroatoms. The second-order valence-corrected chi connectivity index (χ2v) is 6.38. The van der Waals surface area contributed by atoms with Crippen LogP contribution in [0, 0.1) is 6.92 Å². The summed E-state index contributed by atoms with van der Waals surface area (Å²) in [6, 6.07) is 13.5. The number of rotatable bonds is 5. The highest BCUT2D eigenvalue weighted by molar-refractivity contribution is 9.10. The fourth-order valence-corrected chi connectivity index (χ4v) is 2.26. The summed E-state index contributed by atoms with van der Waals surface area (Å²) in [6.07, 6.45) is 0. The third kappa shape index (κ3) is 4.60. The van der Waals surface area contributed by atoms with Crippen LogP contribution in [-0.4, -0.2) is 12.5 Å². The number of carbonyl (C=O) groups is 1. The molecule has 0 radical (unpaired) electrons. The van der Waals surface area contributed by atoms with Gasteiger partial charge in [-0.25, -0.2) is 0 Å². The summed E-state index contributed by atoms with van der Waals surface area (Å²) < 4.78 is 6.53. The SMILES string of the molecule is Cc1cc(NC(=O)COc2ccc(C(C)C)cc2)ccc1Br. The van der Waals surface area contributed by atoms with Crippen molar-refractivity contribution in [3.63, 3.8) is 0 Å². The van der Waals surface area contributed by atoms with Gasteiger partial charge in [-0.1, -0.05) is 41.9 Å². The first-order valence-corrected chi connectivity index (χ1v) is 8.04. The monoisotopic (exact) mass is 361 g/mol. The van der Waals surface area contributed by atoms with Crippen molar-refractivity contribution in [2.24, 2.45) is 0 Å². The molecule has 1 N–H and O–H groups in total. The van der Waals surface area contributed by atoms with E-state index in [1.54, 1.807) is 0 Å². The Morgan fingerprint density at radius 3 is 2.45 bits per heavy atom. The van der Waals surface area contributed by atoms with Gasteiger partial charge in [0.15, 0.2) is 6.61 Å². The number of aryl methyl sites for hydroxylation is 1. The maximum Gasteiger partial charge on any atom is 0.262 e. The molecule has 0 bridgehead atoms. The molecular weight excluding hydrogens is 342 g/mol. The Labute approximate surface area is 139 Å². The maximum absolute atomic E-state index is 11.9. The highest BCUT2D eigenvalue weighted by Gasteiger charge is 2.05. The Morgan fingerprint density at radius 1 is 1.18 bits per heavy atom. The van der Waals surface area contributed by atoms with E-state index in [1.165, 1.54) is 5.56 Å². The second-order valence-electron chi connectivity index (χ2n) is 5.52. The predicted molar refractivity (Wildman–Crippen MR) is 93.5 cm³/mol. The number of nitrogens with one attached hydrogen (secondary N) is 1. The van der Waals surface area contributed by atoms with Crippen LogP contribution in [-0.2, 0) is 4.79 Å². The van der Waals surface area contributed by atoms with Crippen molar-refractivity contribution in [3.05, 3.63) is 58.1 Å². The Balaban J connectivity index is 1.88. The molecule has 2 aromatic rings. The number of hydrogen-bond acceptors (Lipinski definition) is 2. The Morgan fingerprint density at radius 2 is 1.86 bits per heavy atom. The molecule has 0 saturated heterocycles. The van der Waals surface area contributed by atoms with E-state index < -0.39 is 0 Å². The van der Waals surface area contributed by atoms with Crippen molar-refractivity contribution in [3.8, 4) is 5.75 Å². The van der Waals surface area contributed by atoms with E-state index in [-0.39, 0.29) is 12.5 Å². The lowest BCUT2D eigenvalue weighted by Gasteiger charge is -2.10. The summed E-state index contributed by atoms with van der Waals surface area (Å²) in [4.78, 5) is 11.9. The minimum absolute atomic E-state index is 0.00383. The first-order chi connectivity index (χ1) is 10.5. The summed E-state index contributed by atoms with van der Waals surface area (Å²) in [5, 5.41) is 2.83. The van der Waals surface area contributed by atoms with Crippen LogP contribution in [0.15, 0.2) is 46.9 Å². The quantitative estimate of drug-likeness (QED) is 0.822. The molecule has 0 saturated carbocycles. The Kier molecular flexibility index (Phi) is 5.61. The van der Waals surface area contributed by atoms with Gasteiger partial charge in [0.2, 0.25) is 0 Å². The van der Waals surface area contributed by atoms with E-state index >= 15 is 0 Å². The summed E-state index contributed by atoms with van der Waals surface area (Å²) >= 11 is 3.44. The molecule has 0 aliphatic carbocycles. The van der Waals surface area contributed by atoms with Crippen LogP contribution < -0.4 is 10.1 Å². The number of benzene rings is 2. The van der Waals surface area contributed by atoms with Gasteiger partial charge in [0, 0.05) is 10.2 Å². The molecule has 22 heavy (non-hydrogen) atoms. The fraction of sp³-hybridized carbons (Fsp3) is 0.278. The number of ether oxygens (including phenoxy) is 1. The molecule has 2 aromatic carbocycles. The van der Waals surface area contributed by atoms with Gasteiger partial charge in [-0.2, -0.15) is 0 Å². The lowest BCUT2D eigenvalue weighted by Crippen LogP contribution is -2.20. The summed E-state index contributed by atoms with van der Waals surface area (Å²) in [5.74, 6) is 1.01. The number of anilines is 1. The zero-order chi connectivity index (χ0) is 16.1. The van der Waals surface area contributed by atoms with E-state index in [9.17, 15) is 4.79 Å². The van der Waals surface area contributed by atoms with Crippen molar-refractivity contribution >= 4 is 27.5 Å². The van der Waals surface area contributed by atoms with Crippen LogP contribution in [0.3, 0.4) is 0 Å². The van der Waals surface area contributed by atoms with Crippen molar-refractivity contribution in [1.29, 1.82) is 0 Å². The lowest BCUT2D eigenvalue weighted by molar-refractivity contribution is -0.118. The first-order valence-electron chi connectivity index (χ1n) is 7.24. The van der Waals surface area contributed by atoms with E-state index in [1.807, 2.05) is 49.4 Å². The molecule has 0 aliphatic rings. The highest BCUT2D eigenvalue weighted by atomic mass is 79.9. The molecular formula is C18H20BrNO2. The first kappa shape index (κ1) is 16.6. The smallest absolute Gasteiger partial charge is 0.262 e. The van der Waals surface area contributed by atoms with E-state index in [4.69, 9.17) is 4.74 Å². The zero-order valence-electron chi connectivity index (χ0n) is 13.0. The van der Waals surface area contributed by atoms with Crippen LogP contribution >= 0.6 is 15.9 Å². The highest BCUT2D eigenvalue weighted by Crippen LogP contribution is 2.20. The van der Waals surface area contributed by atoms with Crippen LogP contribution in [0.5, 0.6) is 5.75 Å². The van der Waals surface area contributed by atoms with Gasteiger partial charge in [0.25, 0.3) is 5.91 Å². The molecule has 0 heterocycles. The van der Waals surface area contributed by atoms with Gasteiger partial charge < -0.3 is 10.1 Å². The molecule has 1 amide bonds. The third-order valence-electron chi connectivity index (χ3n) is 3.36. The fourth-order valence-electron chi connectivity index (χ4n) is 2.02. The van der Waals surface area contributed by atoms with E-state index in [0.717, 1.165) is 15.7 Å². The minimum Gasteiger partial charge on any atom is -0.484 e. The van der Waals surface area contributed by atoms with Crippen LogP contribution in [0.4, 0.5) is 5.69 Å². The van der Waals surface area contributed by atoms with Gasteiger partial charge in [-0.15, -0.1) is 0 Å². The summed E-state index contributed by atoms with van der Waals surface area (Å²) in [7, 11) is 0. The van der Waals surface area contributed by atoms with E-state index in [2.05, 4.69) is 35.1 Å². The standard InChI is InChI=1S/C18H20BrNO2/c1-12(2)14-4-7-16(8-5-14)22-11-18(21)20-15-6-9-17(19)13(3)10-15/h4-10,12H,11H2,1-3H3,(H,20,21). The van der Waals surface area contributed by atoms with Crippen LogP contribution in [0.2, 0.25) is 0 Å². The molecule has 0 aromatic heterocycles. The minimum atomic E-state index is -0.172. The molecule has 0 atom stereocenters. The Hall–Kier alpha value is -1.81. The third-order valence-corrected chi connectivity index (χ3v) is 4.25. The van der Waals surface area contributed by atoms with Gasteiger partial charge in [-0.3, -0.25) is 4.79 Å². The van der Waals surface area contributed by atoms with Crippen LogP contribution in [0.1, 0.15) is 30.9 Å². The number of amides is 1. The molecule has 2 rings (SSSR count). The molecule has 0 spiro atoms. The van der Waals surface area contributed by atoms with Gasteiger partial charge in [0.1, 0.15) is 5.75 Å². The van der Waals surface area contributed by atoms with Gasteiger partial charge in [0.05, 0.1) is 0 Å². The molecule has 116 valence electrons. The maximum atomic E-state index is 11.9. The lowest BCUT2D eigenvalue weighted by atomic mass is 10.0. The largest absolute Gasteiger partial charge is 0.484 e. The normalized spacial score (nSPS) is 10.6. The average Bonchev–Trinajstić information content (AvgIpc) is 2.49. The van der Waals surface area contributed by atoms with Gasteiger partial charge in [-0.05, 0) is 54.3 Å². The number of hydrogen-bond donors (Lipinski definition) is 1. The van der Waals surface area contributed by atoms with Gasteiger partial charge >= 0.3 is 0 Å². The second kappa shape index (κ2) is 7.45. The molecule has 0 fully saturated rings. The molecule has 0 aliphatic heterocycles. The Bertz CT molecular complexity index is 651. The number of carbonyl (C=O) groups excluding carboxylic acids is 1.